The first-order chi connectivity index (χ1) is 15.7. The Bertz CT molecular complexity index is 1090. The van der Waals surface area contributed by atoms with Crippen LogP contribution in [-0.2, 0) is 22.2 Å². The zero-order chi connectivity index (χ0) is 24.0. The molecule has 0 radical (unpaired) electrons. The van der Waals surface area contributed by atoms with Gasteiger partial charge in [0.15, 0.2) is 0 Å². The van der Waals surface area contributed by atoms with Gasteiger partial charge in [-0.15, -0.1) is 0 Å². The zero-order valence-corrected chi connectivity index (χ0v) is 17.8. The number of halogens is 3. The molecule has 9 heteroatoms. The van der Waals surface area contributed by atoms with Crippen LogP contribution in [0.25, 0.3) is 0 Å². The van der Waals surface area contributed by atoms with Gasteiger partial charge in [-0.05, 0) is 35.7 Å². The van der Waals surface area contributed by atoms with Gasteiger partial charge in [-0.25, -0.2) is 4.98 Å². The highest BCUT2D eigenvalue weighted by atomic mass is 19.4. The highest BCUT2D eigenvalue weighted by Gasteiger charge is 2.32. The molecule has 0 aliphatic heterocycles. The molecule has 1 heterocycles. The number of pyridine rings is 1. The van der Waals surface area contributed by atoms with Gasteiger partial charge >= 0.3 is 6.18 Å². The Hall–Kier alpha value is -3.88. The van der Waals surface area contributed by atoms with Crippen molar-refractivity contribution in [3.05, 3.63) is 89.6 Å². The topological polar surface area (TPSA) is 85.5 Å². The summed E-state index contributed by atoms with van der Waals surface area (Å²) < 4.78 is 43.6. The molecule has 6 nitrogen and oxygen atoms in total. The van der Waals surface area contributed by atoms with Crippen molar-refractivity contribution < 1.29 is 27.5 Å². The van der Waals surface area contributed by atoms with E-state index in [1.54, 1.807) is 42.5 Å². The predicted octanol–water partition coefficient (Wildman–Crippen LogP) is 3.95. The van der Waals surface area contributed by atoms with E-state index in [-0.39, 0.29) is 13.0 Å². The Balaban J connectivity index is 1.90. The van der Waals surface area contributed by atoms with Crippen LogP contribution in [0.5, 0.6) is 5.88 Å². The van der Waals surface area contributed by atoms with Gasteiger partial charge in [0, 0.05) is 12.6 Å². The Morgan fingerprint density at radius 3 is 2.21 bits per heavy atom. The van der Waals surface area contributed by atoms with E-state index >= 15 is 0 Å². The van der Waals surface area contributed by atoms with Gasteiger partial charge in [-0.1, -0.05) is 42.5 Å². The second kappa shape index (κ2) is 10.2. The third-order valence-electron chi connectivity index (χ3n) is 5.08. The van der Waals surface area contributed by atoms with Gasteiger partial charge in [0.05, 0.1) is 24.6 Å². The summed E-state index contributed by atoms with van der Waals surface area (Å²) in [5.41, 5.74) is 6.25. The van der Waals surface area contributed by atoms with Crippen LogP contribution in [-0.4, -0.2) is 30.5 Å². The number of nitrogens with zero attached hydrogens (tertiary/aromatic N) is 2. The molecule has 1 unspecified atom stereocenters. The number of aromatic nitrogens is 1. The molecule has 3 rings (SSSR count). The lowest BCUT2D eigenvalue weighted by Crippen LogP contribution is -2.41. The lowest BCUT2D eigenvalue weighted by molar-refractivity contribution is -0.137. The Morgan fingerprint density at radius 1 is 1.03 bits per heavy atom. The van der Waals surface area contributed by atoms with Gasteiger partial charge < -0.3 is 15.4 Å². The van der Waals surface area contributed by atoms with Crippen LogP contribution in [0, 0.1) is 0 Å². The van der Waals surface area contributed by atoms with Crippen molar-refractivity contribution in [2.24, 2.45) is 5.73 Å². The summed E-state index contributed by atoms with van der Waals surface area (Å²) in [5, 5.41) is 0. The molecular weight excluding hydrogens is 435 g/mol. The predicted molar refractivity (Wildman–Crippen MR) is 117 cm³/mol. The van der Waals surface area contributed by atoms with Crippen LogP contribution in [0.1, 0.15) is 22.6 Å². The van der Waals surface area contributed by atoms with Crippen LogP contribution in [0.2, 0.25) is 0 Å². The number of carbonyl (C=O) groups excluding carboxylic acids is 2. The minimum Gasteiger partial charge on any atom is -0.481 e. The summed E-state index contributed by atoms with van der Waals surface area (Å²) in [6.07, 6.45) is -2.76. The van der Waals surface area contributed by atoms with Crippen molar-refractivity contribution in [1.82, 2.24) is 4.98 Å². The van der Waals surface area contributed by atoms with Gasteiger partial charge in [0.2, 0.25) is 17.7 Å². The summed E-state index contributed by atoms with van der Waals surface area (Å²) in [4.78, 5) is 31.1. The lowest BCUT2D eigenvalue weighted by Gasteiger charge is -2.26. The van der Waals surface area contributed by atoms with E-state index < -0.39 is 29.5 Å². The van der Waals surface area contributed by atoms with Crippen molar-refractivity contribution in [3.63, 3.8) is 0 Å². The van der Waals surface area contributed by atoms with Crippen molar-refractivity contribution in [1.29, 1.82) is 0 Å². The number of nitrogens with two attached hydrogens (primary N) is 1. The molecule has 0 spiro atoms. The summed E-state index contributed by atoms with van der Waals surface area (Å²) in [7, 11) is 1.45. The number of anilines is 1. The fraction of sp³-hybridized carbons (Fsp3) is 0.208. The Kier molecular flexibility index (Phi) is 7.32. The number of methoxy groups -OCH3 is 1. The van der Waals surface area contributed by atoms with E-state index in [9.17, 15) is 22.8 Å². The highest BCUT2D eigenvalue weighted by Crippen LogP contribution is 2.29. The molecular formula is C24H22F3N3O3. The molecule has 0 aliphatic carbocycles. The van der Waals surface area contributed by atoms with Gasteiger partial charge in [0.1, 0.15) is 5.92 Å². The second-order valence-corrected chi connectivity index (χ2v) is 7.24. The summed E-state index contributed by atoms with van der Waals surface area (Å²) in [6.45, 7) is 0.0921. The molecule has 3 aromatic rings. The van der Waals surface area contributed by atoms with Gasteiger partial charge in [0.25, 0.3) is 0 Å². The monoisotopic (exact) mass is 457 g/mol. The molecule has 0 bridgehead atoms. The SMILES string of the molecule is COc1ccc(N(CCc2ccc(C(F)(F)F)cc2)C(=O)C(C(N)=O)c2ccccc2)cn1. The molecule has 1 atom stereocenters. The maximum absolute atomic E-state index is 13.5. The van der Waals surface area contributed by atoms with Crippen molar-refractivity contribution >= 4 is 17.5 Å². The van der Waals surface area contributed by atoms with E-state index in [0.717, 1.165) is 12.1 Å². The van der Waals surface area contributed by atoms with Gasteiger partial charge in [-0.2, -0.15) is 13.2 Å². The Morgan fingerprint density at radius 2 is 1.70 bits per heavy atom. The lowest BCUT2D eigenvalue weighted by atomic mass is 9.96. The molecule has 0 aliphatic rings. The number of amides is 2. The standard InChI is InChI=1S/C24H22F3N3O3/c1-33-20-12-11-19(15-29-20)30(14-13-16-7-9-18(10-8-16)24(25,26)27)23(32)21(22(28)31)17-5-3-2-4-6-17/h2-12,15,21H,13-14H2,1H3,(H2,28,31). The second-order valence-electron chi connectivity index (χ2n) is 7.24. The molecule has 1 aromatic heterocycles. The smallest absolute Gasteiger partial charge is 0.416 e. The maximum Gasteiger partial charge on any atom is 0.416 e. The van der Waals surface area contributed by atoms with Crippen molar-refractivity contribution in [2.45, 2.75) is 18.5 Å². The fourth-order valence-electron chi connectivity index (χ4n) is 3.35. The minimum absolute atomic E-state index is 0.0921. The van der Waals surface area contributed by atoms with E-state index in [2.05, 4.69) is 4.98 Å². The number of ether oxygens (including phenoxy) is 1. The van der Waals surface area contributed by atoms with Crippen LogP contribution < -0.4 is 15.4 Å². The van der Waals surface area contributed by atoms with Crippen molar-refractivity contribution in [3.8, 4) is 5.88 Å². The number of hydrogen-bond donors (Lipinski definition) is 1. The summed E-state index contributed by atoms with van der Waals surface area (Å²) in [5.74, 6) is -2.27. The molecule has 2 amide bonds. The van der Waals surface area contributed by atoms with Crippen LogP contribution in [0.4, 0.5) is 18.9 Å². The van der Waals surface area contributed by atoms with E-state index in [0.29, 0.717) is 22.7 Å². The molecule has 0 saturated carbocycles. The summed E-state index contributed by atoms with van der Waals surface area (Å²) >= 11 is 0. The number of hydrogen-bond acceptors (Lipinski definition) is 4. The highest BCUT2D eigenvalue weighted by molar-refractivity contribution is 6.11. The summed E-state index contributed by atoms with van der Waals surface area (Å²) in [6, 6.07) is 16.3. The zero-order valence-electron chi connectivity index (χ0n) is 17.8. The molecule has 33 heavy (non-hydrogen) atoms. The minimum atomic E-state index is -4.43. The first-order valence-corrected chi connectivity index (χ1v) is 10.0. The molecule has 2 aromatic carbocycles. The normalized spacial score (nSPS) is 12.1. The molecule has 172 valence electrons. The average molecular weight is 457 g/mol. The van der Waals surface area contributed by atoms with Crippen LogP contribution in [0.3, 0.4) is 0 Å². The van der Waals surface area contributed by atoms with Crippen LogP contribution in [0.15, 0.2) is 72.9 Å². The largest absolute Gasteiger partial charge is 0.481 e. The average Bonchev–Trinajstić information content (AvgIpc) is 2.80. The Labute approximate surface area is 188 Å². The van der Waals surface area contributed by atoms with Gasteiger partial charge in [-0.3, -0.25) is 9.59 Å². The molecule has 0 fully saturated rings. The third kappa shape index (κ3) is 5.88. The molecule has 0 saturated heterocycles. The molecule has 2 N–H and O–H groups in total. The maximum atomic E-state index is 13.5. The van der Waals surface area contributed by atoms with E-state index in [4.69, 9.17) is 10.5 Å². The van der Waals surface area contributed by atoms with E-state index in [1.807, 2.05) is 0 Å². The first-order valence-electron chi connectivity index (χ1n) is 10.0. The van der Waals surface area contributed by atoms with Crippen molar-refractivity contribution in [2.75, 3.05) is 18.6 Å². The number of benzene rings is 2. The first kappa shape index (κ1) is 23.8. The number of carbonyl (C=O) groups is 2. The quantitative estimate of drug-likeness (QED) is 0.519. The third-order valence-corrected chi connectivity index (χ3v) is 5.08. The number of rotatable bonds is 8. The fourth-order valence-corrected chi connectivity index (χ4v) is 3.35. The van der Waals surface area contributed by atoms with E-state index in [1.165, 1.54) is 30.3 Å². The number of primary amides is 1. The number of alkyl halides is 3. The van der Waals surface area contributed by atoms with Crippen LogP contribution >= 0.6 is 0 Å².